The molecule has 0 heterocycles. The molecular weight excluding hydrogens is 296 g/mol. The minimum Gasteiger partial charge on any atom is -0.507 e. The first-order chi connectivity index (χ1) is 11.2. The number of benzene rings is 2. The molecular formula is C17H18N2O4. The standard InChI is InChI=1S/C17H18N2O4/c1-21-15-8-12(9-16(22-2)17(15)23-3)10-18-19-11-13-6-4-5-7-14(13)20/h4-11,20H,1-3H3/b18-10-,19-11-. The smallest absolute Gasteiger partial charge is 0.203 e. The number of ether oxygens (including phenoxy) is 3. The predicted octanol–water partition coefficient (Wildman–Crippen LogP) is 2.87. The van der Waals surface area contributed by atoms with Crippen LogP contribution in [0.5, 0.6) is 23.0 Å². The highest BCUT2D eigenvalue weighted by Crippen LogP contribution is 2.37. The van der Waals surface area contributed by atoms with Crippen LogP contribution in [0.25, 0.3) is 0 Å². The highest BCUT2D eigenvalue weighted by Gasteiger charge is 2.12. The van der Waals surface area contributed by atoms with E-state index in [4.69, 9.17) is 14.2 Å². The van der Waals surface area contributed by atoms with Gasteiger partial charge in [-0.05, 0) is 24.3 Å². The van der Waals surface area contributed by atoms with Crippen molar-refractivity contribution in [3.05, 3.63) is 47.5 Å². The van der Waals surface area contributed by atoms with Crippen molar-refractivity contribution in [2.24, 2.45) is 10.2 Å². The molecule has 0 aliphatic carbocycles. The molecule has 0 radical (unpaired) electrons. The highest BCUT2D eigenvalue weighted by molar-refractivity contribution is 5.85. The molecule has 0 unspecified atom stereocenters. The van der Waals surface area contributed by atoms with Crippen LogP contribution in [-0.4, -0.2) is 38.9 Å². The van der Waals surface area contributed by atoms with Crippen LogP contribution in [0.3, 0.4) is 0 Å². The minimum atomic E-state index is 0.152. The average molecular weight is 314 g/mol. The normalized spacial score (nSPS) is 11.1. The summed E-state index contributed by atoms with van der Waals surface area (Å²) in [4.78, 5) is 0. The monoisotopic (exact) mass is 314 g/mol. The molecule has 2 aromatic carbocycles. The summed E-state index contributed by atoms with van der Waals surface area (Å²) in [6.07, 6.45) is 3.03. The van der Waals surface area contributed by atoms with E-state index in [0.29, 0.717) is 22.8 Å². The van der Waals surface area contributed by atoms with Gasteiger partial charge in [-0.15, -0.1) is 0 Å². The highest BCUT2D eigenvalue weighted by atomic mass is 16.5. The fourth-order valence-corrected chi connectivity index (χ4v) is 1.97. The molecule has 0 spiro atoms. The van der Waals surface area contributed by atoms with Crippen LogP contribution in [0.15, 0.2) is 46.6 Å². The summed E-state index contributed by atoms with van der Waals surface area (Å²) in [6.45, 7) is 0. The van der Waals surface area contributed by atoms with Crippen molar-refractivity contribution in [3.8, 4) is 23.0 Å². The zero-order valence-corrected chi connectivity index (χ0v) is 13.2. The Kier molecular flexibility index (Phi) is 5.57. The van der Waals surface area contributed by atoms with E-state index in [1.165, 1.54) is 6.21 Å². The number of para-hydroxylation sites is 1. The molecule has 2 aromatic rings. The van der Waals surface area contributed by atoms with Crippen LogP contribution in [-0.2, 0) is 0 Å². The number of hydrogen-bond donors (Lipinski definition) is 1. The van der Waals surface area contributed by atoms with E-state index in [9.17, 15) is 5.11 Å². The van der Waals surface area contributed by atoms with Gasteiger partial charge in [0.1, 0.15) is 5.75 Å². The molecule has 6 nitrogen and oxygen atoms in total. The summed E-state index contributed by atoms with van der Waals surface area (Å²) >= 11 is 0. The summed E-state index contributed by atoms with van der Waals surface area (Å²) in [5.41, 5.74) is 1.34. The maximum Gasteiger partial charge on any atom is 0.203 e. The van der Waals surface area contributed by atoms with Gasteiger partial charge in [0.2, 0.25) is 5.75 Å². The number of aromatic hydroxyl groups is 1. The Bertz CT molecular complexity index is 701. The Labute approximate surface area is 134 Å². The lowest BCUT2D eigenvalue weighted by atomic mass is 10.2. The molecule has 1 N–H and O–H groups in total. The lowest BCUT2D eigenvalue weighted by molar-refractivity contribution is 0.324. The molecule has 0 bridgehead atoms. The molecule has 0 saturated carbocycles. The molecule has 0 saturated heterocycles. The van der Waals surface area contributed by atoms with Crippen LogP contribution in [0.1, 0.15) is 11.1 Å². The molecule has 0 fully saturated rings. The largest absolute Gasteiger partial charge is 0.507 e. The van der Waals surface area contributed by atoms with Gasteiger partial charge in [0.15, 0.2) is 11.5 Å². The lowest BCUT2D eigenvalue weighted by Gasteiger charge is -2.12. The van der Waals surface area contributed by atoms with E-state index in [0.717, 1.165) is 5.56 Å². The molecule has 0 aliphatic rings. The van der Waals surface area contributed by atoms with Crippen molar-refractivity contribution < 1.29 is 19.3 Å². The molecule has 120 valence electrons. The van der Waals surface area contributed by atoms with Gasteiger partial charge in [0.25, 0.3) is 0 Å². The van der Waals surface area contributed by atoms with Gasteiger partial charge in [0.05, 0.1) is 33.8 Å². The van der Waals surface area contributed by atoms with E-state index in [1.54, 1.807) is 57.9 Å². The minimum absolute atomic E-state index is 0.152. The van der Waals surface area contributed by atoms with Gasteiger partial charge >= 0.3 is 0 Å². The van der Waals surface area contributed by atoms with Gasteiger partial charge in [-0.3, -0.25) is 0 Å². The summed E-state index contributed by atoms with van der Waals surface area (Å²) in [5.74, 6) is 1.75. The topological polar surface area (TPSA) is 72.6 Å². The second-order valence-electron chi connectivity index (χ2n) is 4.51. The zero-order valence-electron chi connectivity index (χ0n) is 13.2. The van der Waals surface area contributed by atoms with E-state index >= 15 is 0 Å². The van der Waals surface area contributed by atoms with E-state index in [2.05, 4.69) is 10.2 Å². The number of methoxy groups -OCH3 is 3. The fraction of sp³-hybridized carbons (Fsp3) is 0.176. The van der Waals surface area contributed by atoms with Gasteiger partial charge in [-0.2, -0.15) is 10.2 Å². The predicted molar refractivity (Wildman–Crippen MR) is 89.4 cm³/mol. The molecule has 0 amide bonds. The van der Waals surface area contributed by atoms with E-state index in [1.807, 2.05) is 6.07 Å². The van der Waals surface area contributed by atoms with Crippen LogP contribution >= 0.6 is 0 Å². The Hall–Kier alpha value is -3.02. The quantitative estimate of drug-likeness (QED) is 0.657. The van der Waals surface area contributed by atoms with Crippen molar-refractivity contribution in [1.82, 2.24) is 0 Å². The first-order valence-electron chi connectivity index (χ1n) is 6.84. The Morgan fingerprint density at radius 1 is 0.870 bits per heavy atom. The first-order valence-corrected chi connectivity index (χ1v) is 6.84. The van der Waals surface area contributed by atoms with Gasteiger partial charge in [-0.25, -0.2) is 0 Å². The van der Waals surface area contributed by atoms with Crippen LogP contribution in [0.4, 0.5) is 0 Å². The maximum absolute atomic E-state index is 9.63. The molecule has 23 heavy (non-hydrogen) atoms. The van der Waals surface area contributed by atoms with Crippen molar-refractivity contribution >= 4 is 12.4 Å². The molecule has 6 heteroatoms. The summed E-state index contributed by atoms with van der Waals surface area (Å²) in [7, 11) is 4.65. The van der Waals surface area contributed by atoms with Crippen molar-refractivity contribution in [2.75, 3.05) is 21.3 Å². The van der Waals surface area contributed by atoms with Crippen molar-refractivity contribution in [3.63, 3.8) is 0 Å². The van der Waals surface area contributed by atoms with E-state index in [-0.39, 0.29) is 5.75 Å². The number of hydrogen-bond acceptors (Lipinski definition) is 6. The molecule has 2 rings (SSSR count). The second kappa shape index (κ2) is 7.84. The van der Waals surface area contributed by atoms with Gasteiger partial charge in [0, 0.05) is 11.1 Å². The maximum atomic E-state index is 9.63. The van der Waals surface area contributed by atoms with Crippen molar-refractivity contribution in [2.45, 2.75) is 0 Å². The van der Waals surface area contributed by atoms with Gasteiger partial charge < -0.3 is 19.3 Å². The van der Waals surface area contributed by atoms with Crippen molar-refractivity contribution in [1.29, 1.82) is 0 Å². The average Bonchev–Trinajstić information content (AvgIpc) is 2.59. The SMILES string of the molecule is COc1cc(/C=N\N=C/c2ccccc2O)cc(OC)c1OC. The second-order valence-corrected chi connectivity index (χ2v) is 4.51. The Morgan fingerprint density at radius 3 is 2.04 bits per heavy atom. The third-order valence-corrected chi connectivity index (χ3v) is 3.09. The molecule has 0 atom stereocenters. The number of phenolic OH excluding ortho intramolecular Hbond substituents is 1. The summed E-state index contributed by atoms with van der Waals surface area (Å²) in [5, 5.41) is 17.5. The molecule has 0 aromatic heterocycles. The van der Waals surface area contributed by atoms with Crippen LogP contribution < -0.4 is 14.2 Å². The number of phenols is 1. The number of nitrogens with zero attached hydrogens (tertiary/aromatic N) is 2. The zero-order chi connectivity index (χ0) is 16.7. The van der Waals surface area contributed by atoms with Crippen LogP contribution in [0, 0.1) is 0 Å². The van der Waals surface area contributed by atoms with Gasteiger partial charge in [-0.1, -0.05) is 12.1 Å². The lowest BCUT2D eigenvalue weighted by Crippen LogP contribution is -1.96. The number of rotatable bonds is 6. The summed E-state index contributed by atoms with van der Waals surface area (Å²) in [6, 6.07) is 10.4. The van der Waals surface area contributed by atoms with E-state index < -0.39 is 0 Å². The third kappa shape index (κ3) is 4.00. The fourth-order valence-electron chi connectivity index (χ4n) is 1.97. The molecule has 0 aliphatic heterocycles. The Morgan fingerprint density at radius 2 is 1.48 bits per heavy atom. The first kappa shape index (κ1) is 16.4. The Balaban J connectivity index is 2.21. The van der Waals surface area contributed by atoms with Crippen LogP contribution in [0.2, 0.25) is 0 Å². The summed E-state index contributed by atoms with van der Waals surface area (Å²) < 4.78 is 15.8. The third-order valence-electron chi connectivity index (χ3n) is 3.09.